The summed E-state index contributed by atoms with van der Waals surface area (Å²) in [7, 11) is 0. The number of anilines is 1. The molecule has 9 heteroatoms. The van der Waals surface area contributed by atoms with Crippen molar-refractivity contribution in [1.82, 2.24) is 0 Å². The second-order valence-electron chi connectivity index (χ2n) is 10.3. The molecule has 0 saturated carbocycles. The Hall–Kier alpha value is -3.30. The van der Waals surface area contributed by atoms with Crippen molar-refractivity contribution in [3.8, 4) is 5.75 Å². The summed E-state index contributed by atoms with van der Waals surface area (Å²) in [6.45, 7) is 5.38. The van der Waals surface area contributed by atoms with E-state index in [-0.39, 0.29) is 17.4 Å². The number of rotatable bonds is 10. The first-order chi connectivity index (χ1) is 18.5. The van der Waals surface area contributed by atoms with E-state index in [1.807, 2.05) is 18.4 Å². The van der Waals surface area contributed by atoms with Gasteiger partial charge in [0.2, 0.25) is 5.91 Å². The number of nitrogens with zero attached hydrogens (tertiary/aromatic N) is 1. The number of hydrogen-bond donors (Lipinski definition) is 1. The number of β-lactam (4-membered cyclic amide) rings is 1. The molecule has 39 heavy (non-hydrogen) atoms. The first-order valence-corrected chi connectivity index (χ1v) is 14.6. The van der Waals surface area contributed by atoms with Crippen LogP contribution in [0.5, 0.6) is 5.75 Å². The van der Waals surface area contributed by atoms with Crippen LogP contribution in [-0.4, -0.2) is 46.1 Å². The number of thioether (sulfide) groups is 2. The van der Waals surface area contributed by atoms with Crippen molar-refractivity contribution in [3.63, 3.8) is 0 Å². The fourth-order valence-corrected chi connectivity index (χ4v) is 5.96. The van der Waals surface area contributed by atoms with E-state index in [0.717, 1.165) is 10.5 Å². The molecule has 1 saturated heterocycles. The molecule has 0 radical (unpaired) electrons. The molecule has 1 heterocycles. The highest BCUT2D eigenvalue weighted by Crippen LogP contribution is 2.45. The highest BCUT2D eigenvalue weighted by molar-refractivity contribution is 8.01. The van der Waals surface area contributed by atoms with Crippen LogP contribution in [0.1, 0.15) is 42.7 Å². The lowest BCUT2D eigenvalue weighted by atomic mass is 9.89. The minimum atomic E-state index is -1.05. The number of hydrogen-bond acceptors (Lipinski definition) is 6. The highest BCUT2D eigenvalue weighted by atomic mass is 32.2. The fraction of sp³-hybridized carbons (Fsp3) is 0.300. The zero-order valence-electron chi connectivity index (χ0n) is 22.1. The molecule has 3 aromatic rings. The Kier molecular flexibility index (Phi) is 8.71. The summed E-state index contributed by atoms with van der Waals surface area (Å²) in [5, 5.41) is 9.07. The van der Waals surface area contributed by atoms with Gasteiger partial charge in [0.05, 0.1) is 11.8 Å². The summed E-state index contributed by atoms with van der Waals surface area (Å²) < 4.78 is 19.3. The van der Waals surface area contributed by atoms with Crippen LogP contribution in [0.3, 0.4) is 0 Å². The van der Waals surface area contributed by atoms with Crippen molar-refractivity contribution in [2.75, 3.05) is 16.9 Å². The van der Waals surface area contributed by atoms with Gasteiger partial charge in [0.15, 0.2) is 11.9 Å². The van der Waals surface area contributed by atoms with E-state index in [1.54, 1.807) is 86.0 Å². The van der Waals surface area contributed by atoms with Gasteiger partial charge < -0.3 is 14.7 Å². The third kappa shape index (κ3) is 6.47. The average Bonchev–Trinajstić information content (AvgIpc) is 2.91. The number of aliphatic carboxylic acids is 1. The van der Waals surface area contributed by atoms with E-state index in [4.69, 9.17) is 4.74 Å². The van der Waals surface area contributed by atoms with E-state index in [9.17, 15) is 23.9 Å². The smallest absolute Gasteiger partial charge is 0.345 e. The van der Waals surface area contributed by atoms with Gasteiger partial charge in [0.25, 0.3) is 0 Å². The summed E-state index contributed by atoms with van der Waals surface area (Å²) in [4.78, 5) is 40.5. The number of carboxylic acids is 1. The van der Waals surface area contributed by atoms with Gasteiger partial charge in [0.1, 0.15) is 16.8 Å². The van der Waals surface area contributed by atoms with E-state index >= 15 is 0 Å². The zero-order chi connectivity index (χ0) is 28.3. The lowest BCUT2D eigenvalue weighted by Crippen LogP contribution is -2.57. The molecule has 3 aromatic carbocycles. The van der Waals surface area contributed by atoms with Gasteiger partial charge in [-0.3, -0.25) is 9.59 Å². The lowest BCUT2D eigenvalue weighted by Gasteiger charge is -2.47. The molecule has 0 aliphatic carbocycles. The van der Waals surface area contributed by atoms with Gasteiger partial charge >= 0.3 is 5.97 Å². The van der Waals surface area contributed by atoms with Gasteiger partial charge in [-0.15, -0.1) is 23.5 Å². The first kappa shape index (κ1) is 28.7. The van der Waals surface area contributed by atoms with E-state index < -0.39 is 34.6 Å². The molecule has 1 amide bonds. The number of Topliss-reactive ketones (excluding diaryl/α,β-unsaturated/α-hetero) is 1. The van der Waals surface area contributed by atoms with Crippen LogP contribution in [0.25, 0.3) is 0 Å². The Morgan fingerprint density at radius 1 is 1.00 bits per heavy atom. The van der Waals surface area contributed by atoms with Crippen LogP contribution < -0.4 is 9.64 Å². The van der Waals surface area contributed by atoms with Crippen molar-refractivity contribution in [3.05, 3.63) is 89.7 Å². The zero-order valence-corrected chi connectivity index (χ0v) is 23.7. The molecule has 1 unspecified atom stereocenters. The predicted molar refractivity (Wildman–Crippen MR) is 153 cm³/mol. The summed E-state index contributed by atoms with van der Waals surface area (Å²) in [6, 6.07) is 19.6. The van der Waals surface area contributed by atoms with Crippen LogP contribution in [0.4, 0.5) is 10.1 Å². The SMILES string of the molecule is CSc1ccc(C(=O)CS[C@H]2C(=O)N(c3ccc(F)cc3)[C@@H]2c2ccc(OC(C(=O)O)C(C)(C)C)cc2)cc1. The number of halogens is 1. The maximum Gasteiger partial charge on any atom is 0.345 e. The van der Waals surface area contributed by atoms with Crippen LogP contribution in [0.15, 0.2) is 77.7 Å². The fourth-order valence-electron chi connectivity index (χ4n) is 4.34. The maximum atomic E-state index is 13.6. The monoisotopic (exact) mass is 567 g/mol. The number of benzene rings is 3. The van der Waals surface area contributed by atoms with Gasteiger partial charge in [-0.1, -0.05) is 45.0 Å². The largest absolute Gasteiger partial charge is 0.478 e. The van der Waals surface area contributed by atoms with Gasteiger partial charge in [-0.05, 0) is 60.4 Å². The van der Waals surface area contributed by atoms with E-state index in [2.05, 4.69) is 0 Å². The van der Waals surface area contributed by atoms with Gasteiger partial charge in [-0.25, -0.2) is 9.18 Å². The molecule has 1 aliphatic rings. The van der Waals surface area contributed by atoms with Crippen molar-refractivity contribution in [1.29, 1.82) is 0 Å². The molecule has 0 bridgehead atoms. The molecule has 1 aliphatic heterocycles. The van der Waals surface area contributed by atoms with Gasteiger partial charge in [0, 0.05) is 21.6 Å². The number of carboxylic acid groups (broad SMARTS) is 1. The molecule has 1 fully saturated rings. The van der Waals surface area contributed by atoms with Crippen LogP contribution >= 0.6 is 23.5 Å². The van der Waals surface area contributed by atoms with Crippen molar-refractivity contribution in [2.45, 2.75) is 43.1 Å². The number of carbonyl (C=O) groups is 3. The number of carbonyl (C=O) groups excluding carboxylic acids is 2. The summed E-state index contributed by atoms with van der Waals surface area (Å²) in [6.07, 6.45) is 0.930. The Balaban J connectivity index is 1.55. The van der Waals surface area contributed by atoms with Crippen LogP contribution in [0, 0.1) is 11.2 Å². The normalized spacial score (nSPS) is 17.9. The minimum absolute atomic E-state index is 0.0647. The second kappa shape index (κ2) is 11.8. The predicted octanol–water partition coefficient (Wildman–Crippen LogP) is 6.50. The number of ketones is 1. The van der Waals surface area contributed by atoms with Gasteiger partial charge in [-0.2, -0.15) is 0 Å². The standard InChI is InChI=1S/C30H30FNO5S2/c1-30(2,3)27(29(35)36)37-22-13-5-19(6-14-22)25-26(28(34)32(25)21-11-9-20(31)10-12-21)39-17-24(33)18-7-15-23(38-4)16-8-18/h5-16,25-27H,17H2,1-4H3,(H,35,36)/t25-,26-,27?/m1/s1. The molecular formula is C30H30FNO5S2. The molecule has 1 N–H and O–H groups in total. The molecule has 3 atom stereocenters. The summed E-state index contributed by atoms with van der Waals surface area (Å²) >= 11 is 2.88. The topological polar surface area (TPSA) is 83.9 Å². The van der Waals surface area contributed by atoms with E-state index in [1.165, 1.54) is 23.9 Å². The summed E-state index contributed by atoms with van der Waals surface area (Å²) in [5.74, 6) is -1.15. The average molecular weight is 568 g/mol. The van der Waals surface area contributed by atoms with Crippen molar-refractivity contribution < 1.29 is 28.6 Å². The lowest BCUT2D eigenvalue weighted by molar-refractivity contribution is -0.150. The van der Waals surface area contributed by atoms with Crippen molar-refractivity contribution >= 4 is 46.9 Å². The third-order valence-corrected chi connectivity index (χ3v) is 8.43. The van der Waals surface area contributed by atoms with Crippen molar-refractivity contribution in [2.24, 2.45) is 5.41 Å². The highest BCUT2D eigenvalue weighted by Gasteiger charge is 2.49. The summed E-state index contributed by atoms with van der Waals surface area (Å²) in [5.41, 5.74) is 1.32. The second-order valence-corrected chi connectivity index (χ2v) is 12.3. The maximum absolute atomic E-state index is 13.6. The minimum Gasteiger partial charge on any atom is -0.478 e. The third-order valence-electron chi connectivity index (χ3n) is 6.44. The molecular weight excluding hydrogens is 537 g/mol. The molecule has 4 rings (SSSR count). The molecule has 0 aromatic heterocycles. The Morgan fingerprint density at radius 3 is 2.15 bits per heavy atom. The molecule has 0 spiro atoms. The van der Waals surface area contributed by atoms with Crippen LogP contribution in [0.2, 0.25) is 0 Å². The number of amides is 1. The van der Waals surface area contributed by atoms with E-state index in [0.29, 0.717) is 17.0 Å². The Morgan fingerprint density at radius 2 is 1.62 bits per heavy atom. The Bertz CT molecular complexity index is 1340. The molecule has 6 nitrogen and oxygen atoms in total. The van der Waals surface area contributed by atoms with Crippen LogP contribution in [-0.2, 0) is 9.59 Å². The quantitative estimate of drug-likeness (QED) is 0.170. The molecule has 204 valence electrons. The Labute approximate surface area is 235 Å². The first-order valence-electron chi connectivity index (χ1n) is 12.4. The number of ether oxygens (including phenoxy) is 1.